The fourth-order valence-corrected chi connectivity index (χ4v) is 2.40. The summed E-state index contributed by atoms with van der Waals surface area (Å²) in [5.74, 6) is 0. The molecule has 0 aliphatic rings. The lowest BCUT2D eigenvalue weighted by Gasteiger charge is -2.11. The molecular formula is C13H8F3N3S. The smallest absolute Gasteiger partial charge is 0.397 e. The van der Waals surface area contributed by atoms with Gasteiger partial charge in [0.15, 0.2) is 0 Å². The Morgan fingerprint density at radius 3 is 2.60 bits per heavy atom. The summed E-state index contributed by atoms with van der Waals surface area (Å²) in [5, 5.41) is 8.72. The van der Waals surface area contributed by atoms with Gasteiger partial charge in [0.05, 0.1) is 29.1 Å². The molecule has 7 heteroatoms. The van der Waals surface area contributed by atoms with Gasteiger partial charge in [-0.3, -0.25) is 4.98 Å². The molecule has 0 aliphatic carbocycles. The van der Waals surface area contributed by atoms with Crippen LogP contribution < -0.4 is 5.73 Å². The van der Waals surface area contributed by atoms with Gasteiger partial charge in [-0.25, -0.2) is 0 Å². The molecule has 20 heavy (non-hydrogen) atoms. The Kier molecular flexibility index (Phi) is 3.86. The van der Waals surface area contributed by atoms with Crippen LogP contribution in [0.5, 0.6) is 0 Å². The molecular weight excluding hydrogens is 287 g/mol. The van der Waals surface area contributed by atoms with E-state index >= 15 is 0 Å². The highest BCUT2D eigenvalue weighted by molar-refractivity contribution is 7.99. The summed E-state index contributed by atoms with van der Waals surface area (Å²) in [7, 11) is 0. The van der Waals surface area contributed by atoms with Gasteiger partial charge in [0, 0.05) is 16.0 Å². The van der Waals surface area contributed by atoms with Crippen LogP contribution in [0.3, 0.4) is 0 Å². The maximum absolute atomic E-state index is 12.8. The van der Waals surface area contributed by atoms with Crippen molar-refractivity contribution in [2.24, 2.45) is 0 Å². The van der Waals surface area contributed by atoms with E-state index in [1.54, 1.807) is 12.1 Å². The van der Waals surface area contributed by atoms with E-state index in [2.05, 4.69) is 4.98 Å². The highest BCUT2D eigenvalue weighted by Crippen LogP contribution is 2.37. The molecule has 3 nitrogen and oxygen atoms in total. The molecule has 0 unspecified atom stereocenters. The van der Waals surface area contributed by atoms with Gasteiger partial charge in [0.25, 0.3) is 0 Å². The summed E-state index contributed by atoms with van der Waals surface area (Å²) < 4.78 is 38.5. The van der Waals surface area contributed by atoms with Crippen molar-refractivity contribution in [1.82, 2.24) is 4.98 Å². The minimum Gasteiger partial charge on any atom is -0.397 e. The van der Waals surface area contributed by atoms with Crippen molar-refractivity contribution in [3.8, 4) is 6.07 Å². The largest absolute Gasteiger partial charge is 0.417 e. The van der Waals surface area contributed by atoms with Gasteiger partial charge in [-0.1, -0.05) is 11.8 Å². The lowest BCUT2D eigenvalue weighted by Crippen LogP contribution is -2.07. The summed E-state index contributed by atoms with van der Waals surface area (Å²) in [6.07, 6.45) is -1.63. The van der Waals surface area contributed by atoms with Crippen LogP contribution in [0.15, 0.2) is 46.5 Å². The predicted octanol–water partition coefficient (Wildman–Crippen LogP) is 3.71. The Bertz CT molecular complexity index is 677. The minimum absolute atomic E-state index is 0.356. The molecule has 0 bridgehead atoms. The monoisotopic (exact) mass is 295 g/mol. The lowest BCUT2D eigenvalue weighted by atomic mass is 10.1. The summed E-state index contributed by atoms with van der Waals surface area (Å²) in [5.41, 5.74) is 4.73. The lowest BCUT2D eigenvalue weighted by molar-refractivity contribution is -0.137. The second-order valence-corrected chi connectivity index (χ2v) is 4.95. The quantitative estimate of drug-likeness (QED) is 0.917. The van der Waals surface area contributed by atoms with Crippen LogP contribution in [-0.2, 0) is 6.18 Å². The maximum Gasteiger partial charge on any atom is 0.417 e. The van der Waals surface area contributed by atoms with E-state index in [0.29, 0.717) is 15.5 Å². The molecule has 0 atom stereocenters. The van der Waals surface area contributed by atoms with Crippen LogP contribution in [0.1, 0.15) is 11.1 Å². The van der Waals surface area contributed by atoms with Crippen molar-refractivity contribution in [2.45, 2.75) is 16.0 Å². The van der Waals surface area contributed by atoms with Crippen LogP contribution >= 0.6 is 11.8 Å². The molecule has 0 radical (unpaired) electrons. The number of nitrogens with zero attached hydrogens (tertiary/aromatic N) is 2. The number of alkyl halides is 3. The second kappa shape index (κ2) is 5.43. The summed E-state index contributed by atoms with van der Waals surface area (Å²) in [4.78, 5) is 4.77. The number of aromatic nitrogens is 1. The van der Waals surface area contributed by atoms with Gasteiger partial charge in [0.1, 0.15) is 0 Å². The first kappa shape index (κ1) is 14.2. The van der Waals surface area contributed by atoms with E-state index in [0.717, 1.165) is 23.9 Å². The number of nitrogens with two attached hydrogens (primary N) is 1. The third-order valence-electron chi connectivity index (χ3n) is 2.45. The molecule has 1 aromatic heterocycles. The SMILES string of the molecule is N#Cc1ccc(Sc2ccncc2N)cc1C(F)(F)F. The zero-order valence-corrected chi connectivity index (χ0v) is 10.8. The van der Waals surface area contributed by atoms with Crippen LogP contribution in [0.2, 0.25) is 0 Å². The fraction of sp³-hybridized carbons (Fsp3) is 0.0769. The molecule has 102 valence electrons. The fourth-order valence-electron chi connectivity index (χ4n) is 1.53. The van der Waals surface area contributed by atoms with E-state index in [-0.39, 0.29) is 0 Å². The number of halogens is 3. The first-order chi connectivity index (χ1) is 9.41. The molecule has 0 saturated carbocycles. The second-order valence-electron chi connectivity index (χ2n) is 3.83. The van der Waals surface area contributed by atoms with Gasteiger partial charge >= 0.3 is 6.18 Å². The average Bonchev–Trinajstić information content (AvgIpc) is 2.40. The topological polar surface area (TPSA) is 62.7 Å². The normalized spacial score (nSPS) is 11.1. The summed E-state index contributed by atoms with van der Waals surface area (Å²) >= 11 is 1.09. The standard InChI is InChI=1S/C13H8F3N3S/c14-13(15,16)10-5-9(2-1-8(10)6-17)20-12-3-4-19-7-11(12)18/h1-5,7H,18H2. The number of hydrogen-bond donors (Lipinski definition) is 1. The van der Waals surface area contributed by atoms with Crippen LogP contribution in [0.25, 0.3) is 0 Å². The van der Waals surface area contributed by atoms with Gasteiger partial charge in [0.2, 0.25) is 0 Å². The van der Waals surface area contributed by atoms with Gasteiger partial charge < -0.3 is 5.73 Å². The van der Waals surface area contributed by atoms with Crippen LogP contribution in [0.4, 0.5) is 18.9 Å². The molecule has 2 rings (SSSR count). The summed E-state index contributed by atoms with van der Waals surface area (Å²) in [6.45, 7) is 0. The van der Waals surface area contributed by atoms with Crippen molar-refractivity contribution in [1.29, 1.82) is 5.26 Å². The average molecular weight is 295 g/mol. The number of pyridine rings is 1. The minimum atomic E-state index is -4.56. The van der Waals surface area contributed by atoms with Crippen LogP contribution in [-0.4, -0.2) is 4.98 Å². The number of nitrogen functional groups attached to an aromatic ring is 1. The van der Waals surface area contributed by atoms with Gasteiger partial charge in [-0.05, 0) is 24.3 Å². The van der Waals surface area contributed by atoms with Crippen molar-refractivity contribution >= 4 is 17.4 Å². The predicted molar refractivity (Wildman–Crippen MR) is 68.9 cm³/mol. The zero-order valence-electron chi connectivity index (χ0n) is 9.98. The molecule has 0 amide bonds. The van der Waals surface area contributed by atoms with Crippen molar-refractivity contribution < 1.29 is 13.2 Å². The number of rotatable bonds is 2. The maximum atomic E-state index is 12.8. The van der Waals surface area contributed by atoms with E-state index in [4.69, 9.17) is 11.0 Å². The van der Waals surface area contributed by atoms with Crippen molar-refractivity contribution in [3.63, 3.8) is 0 Å². The van der Waals surface area contributed by atoms with E-state index in [1.807, 2.05) is 0 Å². The molecule has 0 aliphatic heterocycles. The number of anilines is 1. The van der Waals surface area contributed by atoms with Crippen LogP contribution in [0, 0.1) is 11.3 Å². The van der Waals surface area contributed by atoms with E-state index in [1.165, 1.54) is 18.5 Å². The molecule has 2 aromatic rings. The Morgan fingerprint density at radius 1 is 1.25 bits per heavy atom. The third kappa shape index (κ3) is 3.03. The first-order valence-electron chi connectivity index (χ1n) is 5.40. The van der Waals surface area contributed by atoms with Crippen molar-refractivity contribution in [2.75, 3.05) is 5.73 Å². The van der Waals surface area contributed by atoms with Crippen molar-refractivity contribution in [3.05, 3.63) is 47.8 Å². The molecule has 1 heterocycles. The molecule has 0 saturated heterocycles. The number of hydrogen-bond acceptors (Lipinski definition) is 4. The van der Waals surface area contributed by atoms with Gasteiger partial charge in [-0.2, -0.15) is 18.4 Å². The highest BCUT2D eigenvalue weighted by Gasteiger charge is 2.33. The van der Waals surface area contributed by atoms with E-state index < -0.39 is 17.3 Å². The van der Waals surface area contributed by atoms with Gasteiger partial charge in [-0.15, -0.1) is 0 Å². The molecule has 1 aromatic carbocycles. The Hall–Kier alpha value is -2.20. The Labute approximate surface area is 117 Å². The highest BCUT2D eigenvalue weighted by atomic mass is 32.2. The van der Waals surface area contributed by atoms with E-state index in [9.17, 15) is 13.2 Å². The molecule has 2 N–H and O–H groups in total. The number of nitriles is 1. The number of benzene rings is 1. The third-order valence-corrected chi connectivity index (χ3v) is 3.54. The first-order valence-corrected chi connectivity index (χ1v) is 6.22. The molecule has 0 spiro atoms. The molecule has 0 fully saturated rings. The zero-order chi connectivity index (χ0) is 14.8. The summed E-state index contributed by atoms with van der Waals surface area (Å²) in [6, 6.07) is 6.72. The Morgan fingerprint density at radius 2 is 2.00 bits per heavy atom. The Balaban J connectivity index is 2.40.